The number of carbonyl (C=O) groups is 1. The maximum absolute atomic E-state index is 13.0. The topological polar surface area (TPSA) is 79.0 Å². The van der Waals surface area contributed by atoms with Crippen molar-refractivity contribution >= 4 is 21.6 Å². The summed E-state index contributed by atoms with van der Waals surface area (Å²) in [4.78, 5) is 15.2. The molecule has 2 aromatic rings. The molecule has 0 spiro atoms. The summed E-state index contributed by atoms with van der Waals surface area (Å²) in [6, 6.07) is 16.6. The molecule has 0 radical (unpaired) electrons. The summed E-state index contributed by atoms with van der Waals surface area (Å²) in [5.74, 6) is 0.212. The first-order valence-corrected chi connectivity index (χ1v) is 12.6. The van der Waals surface area contributed by atoms with Crippen LogP contribution in [0.3, 0.4) is 0 Å². The Morgan fingerprint density at radius 3 is 2.53 bits per heavy atom. The summed E-state index contributed by atoms with van der Waals surface area (Å²) < 4.78 is 32.5. The van der Waals surface area contributed by atoms with Crippen molar-refractivity contribution in [3.05, 3.63) is 54.6 Å². The third-order valence-electron chi connectivity index (χ3n) is 5.86. The number of sulfonamides is 1. The zero-order valence-corrected chi connectivity index (χ0v) is 19.7. The summed E-state index contributed by atoms with van der Waals surface area (Å²) in [5, 5.41) is 3.01. The largest absolute Gasteiger partial charge is 0.497 e. The number of hydrogen-bond donors (Lipinski definition) is 1. The molecule has 1 aliphatic heterocycles. The number of anilines is 1. The quantitative estimate of drug-likeness (QED) is 0.552. The maximum atomic E-state index is 13.0. The number of nitrogens with zero attached hydrogens (tertiary/aromatic N) is 2. The zero-order valence-electron chi connectivity index (χ0n) is 18.9. The predicted molar refractivity (Wildman–Crippen MR) is 126 cm³/mol. The summed E-state index contributed by atoms with van der Waals surface area (Å²) in [6.45, 7) is 5.09. The van der Waals surface area contributed by atoms with E-state index in [4.69, 9.17) is 4.74 Å². The molecule has 0 aliphatic carbocycles. The Bertz CT molecular complexity index is 964. The Labute approximate surface area is 191 Å². The van der Waals surface area contributed by atoms with E-state index < -0.39 is 10.0 Å². The van der Waals surface area contributed by atoms with Gasteiger partial charge in [-0.1, -0.05) is 18.2 Å². The fourth-order valence-corrected chi connectivity index (χ4v) is 5.53. The molecule has 1 fully saturated rings. The first-order chi connectivity index (χ1) is 15.5. The fourth-order valence-electron chi connectivity index (χ4n) is 4.01. The second-order valence-electron chi connectivity index (χ2n) is 7.94. The number of para-hydroxylation sites is 1. The van der Waals surface area contributed by atoms with Gasteiger partial charge in [0.15, 0.2) is 0 Å². The van der Waals surface area contributed by atoms with Gasteiger partial charge in [-0.2, -0.15) is 4.31 Å². The van der Waals surface area contributed by atoms with Crippen LogP contribution in [-0.4, -0.2) is 58.5 Å². The highest BCUT2D eigenvalue weighted by Gasteiger charge is 2.33. The Morgan fingerprint density at radius 2 is 1.88 bits per heavy atom. The Hall–Kier alpha value is -2.58. The smallest absolute Gasteiger partial charge is 0.243 e. The Kier molecular flexibility index (Phi) is 8.53. The van der Waals surface area contributed by atoms with E-state index in [0.29, 0.717) is 31.7 Å². The highest BCUT2D eigenvalue weighted by Crippen LogP contribution is 2.25. The molecule has 1 heterocycles. The summed E-state index contributed by atoms with van der Waals surface area (Å²) in [7, 11) is -2.09. The van der Waals surface area contributed by atoms with Crippen LogP contribution in [0.4, 0.5) is 5.69 Å². The highest BCUT2D eigenvalue weighted by molar-refractivity contribution is 7.89. The van der Waals surface area contributed by atoms with Gasteiger partial charge in [0.2, 0.25) is 15.9 Å². The molecule has 1 atom stereocenters. The molecular formula is C24H33N3O4S. The fraction of sp³-hybridized carbons (Fsp3) is 0.458. The molecule has 174 valence electrons. The van der Waals surface area contributed by atoms with Crippen molar-refractivity contribution in [2.75, 3.05) is 44.7 Å². The molecule has 1 saturated heterocycles. The van der Waals surface area contributed by atoms with Crippen molar-refractivity contribution < 1.29 is 17.9 Å². The van der Waals surface area contributed by atoms with Gasteiger partial charge in [0, 0.05) is 38.4 Å². The first-order valence-electron chi connectivity index (χ1n) is 11.2. The van der Waals surface area contributed by atoms with Crippen molar-refractivity contribution in [2.24, 2.45) is 5.92 Å². The van der Waals surface area contributed by atoms with Gasteiger partial charge in [0.05, 0.1) is 17.9 Å². The molecule has 0 aromatic heterocycles. The molecular weight excluding hydrogens is 426 g/mol. The van der Waals surface area contributed by atoms with Crippen molar-refractivity contribution in [2.45, 2.75) is 31.1 Å². The molecule has 7 nitrogen and oxygen atoms in total. The zero-order chi connectivity index (χ0) is 23.0. The monoisotopic (exact) mass is 459 g/mol. The lowest BCUT2D eigenvalue weighted by Crippen LogP contribution is -2.45. The van der Waals surface area contributed by atoms with Gasteiger partial charge >= 0.3 is 0 Å². The number of methoxy groups -OCH3 is 1. The van der Waals surface area contributed by atoms with Crippen LogP contribution in [0.15, 0.2) is 59.5 Å². The standard InChI is InChI=1S/C24H33N3O4S/c1-3-26(21-10-5-4-6-11-21)17-8-16-25-24(28)20-9-7-18-27(19-20)32(29,30)23-14-12-22(31-2)13-15-23/h4-6,10-15,20H,3,7-9,16-19H2,1-2H3,(H,25,28). The van der Waals surface area contributed by atoms with Gasteiger partial charge < -0.3 is 15.0 Å². The van der Waals surface area contributed by atoms with E-state index in [-0.39, 0.29) is 23.3 Å². The van der Waals surface area contributed by atoms with Gasteiger partial charge in [-0.3, -0.25) is 4.79 Å². The van der Waals surface area contributed by atoms with Crippen LogP contribution in [0.25, 0.3) is 0 Å². The van der Waals surface area contributed by atoms with Crippen molar-refractivity contribution in [1.82, 2.24) is 9.62 Å². The van der Waals surface area contributed by atoms with Crippen LogP contribution in [0.5, 0.6) is 5.75 Å². The maximum Gasteiger partial charge on any atom is 0.243 e. The van der Waals surface area contributed by atoms with Gasteiger partial charge in [-0.05, 0) is 62.6 Å². The van der Waals surface area contributed by atoms with Crippen LogP contribution in [0.1, 0.15) is 26.2 Å². The number of rotatable bonds is 10. The van der Waals surface area contributed by atoms with Gasteiger partial charge in [-0.15, -0.1) is 0 Å². The van der Waals surface area contributed by atoms with E-state index in [0.717, 1.165) is 19.5 Å². The van der Waals surface area contributed by atoms with Gasteiger partial charge in [-0.25, -0.2) is 8.42 Å². The number of ether oxygens (including phenoxy) is 1. The second kappa shape index (κ2) is 11.3. The van der Waals surface area contributed by atoms with E-state index in [1.807, 2.05) is 18.2 Å². The molecule has 0 bridgehead atoms. The summed E-state index contributed by atoms with van der Waals surface area (Å²) in [5.41, 5.74) is 1.17. The molecule has 3 rings (SSSR count). The van der Waals surface area contributed by atoms with Gasteiger partial charge in [0.25, 0.3) is 0 Å². The highest BCUT2D eigenvalue weighted by atomic mass is 32.2. The lowest BCUT2D eigenvalue weighted by atomic mass is 9.99. The van der Waals surface area contributed by atoms with Crippen LogP contribution < -0.4 is 15.0 Å². The SMILES string of the molecule is CCN(CCCNC(=O)C1CCCN(S(=O)(=O)c2ccc(OC)cc2)C1)c1ccccc1. The minimum Gasteiger partial charge on any atom is -0.497 e. The molecule has 1 amide bonds. The normalized spacial score (nSPS) is 17.0. The minimum atomic E-state index is -3.63. The van der Waals surface area contributed by atoms with Crippen molar-refractivity contribution in [3.63, 3.8) is 0 Å². The Morgan fingerprint density at radius 1 is 1.16 bits per heavy atom. The first kappa shape index (κ1) is 24.1. The summed E-state index contributed by atoms with van der Waals surface area (Å²) in [6.07, 6.45) is 2.20. The molecule has 0 saturated carbocycles. The third-order valence-corrected chi connectivity index (χ3v) is 7.74. The van der Waals surface area contributed by atoms with Crippen LogP contribution in [0, 0.1) is 5.92 Å². The molecule has 1 unspecified atom stereocenters. The van der Waals surface area contributed by atoms with E-state index in [1.54, 1.807) is 31.4 Å². The van der Waals surface area contributed by atoms with Crippen molar-refractivity contribution in [1.29, 1.82) is 0 Å². The van der Waals surface area contributed by atoms with Crippen LogP contribution in [0.2, 0.25) is 0 Å². The number of amides is 1. The number of nitrogens with one attached hydrogen (secondary N) is 1. The number of piperidine rings is 1. The van der Waals surface area contributed by atoms with E-state index >= 15 is 0 Å². The third kappa shape index (κ3) is 6.01. The van der Waals surface area contributed by atoms with E-state index in [2.05, 4.69) is 29.3 Å². The molecule has 32 heavy (non-hydrogen) atoms. The number of hydrogen-bond acceptors (Lipinski definition) is 5. The van der Waals surface area contributed by atoms with Crippen molar-refractivity contribution in [3.8, 4) is 5.75 Å². The number of carbonyl (C=O) groups excluding carboxylic acids is 1. The van der Waals surface area contributed by atoms with E-state index in [1.165, 1.54) is 9.99 Å². The molecule has 2 aromatic carbocycles. The van der Waals surface area contributed by atoms with E-state index in [9.17, 15) is 13.2 Å². The average molecular weight is 460 g/mol. The van der Waals surface area contributed by atoms with Crippen LogP contribution in [-0.2, 0) is 14.8 Å². The predicted octanol–water partition coefficient (Wildman–Crippen LogP) is 3.13. The lowest BCUT2D eigenvalue weighted by Gasteiger charge is -2.31. The van der Waals surface area contributed by atoms with Crippen LogP contribution >= 0.6 is 0 Å². The minimum absolute atomic E-state index is 0.0672. The number of benzene rings is 2. The second-order valence-corrected chi connectivity index (χ2v) is 9.88. The average Bonchev–Trinajstić information content (AvgIpc) is 2.84. The molecule has 1 aliphatic rings. The summed E-state index contributed by atoms with van der Waals surface area (Å²) >= 11 is 0. The van der Waals surface area contributed by atoms with Gasteiger partial charge in [0.1, 0.15) is 5.75 Å². The molecule has 8 heteroatoms. The molecule has 1 N–H and O–H groups in total. The Balaban J connectivity index is 1.50. The lowest BCUT2D eigenvalue weighted by molar-refractivity contribution is -0.126.